The molecule has 2 amide bonds. The van der Waals surface area contributed by atoms with Crippen LogP contribution in [0.1, 0.15) is 44.5 Å². The number of aryl methyl sites for hydroxylation is 1. The number of carbonyl (C=O) groups excluding carboxylic acids is 2. The molecule has 1 aliphatic rings. The van der Waals surface area contributed by atoms with Crippen LogP contribution in [0.15, 0.2) is 71.7 Å². The SMILES string of the molecule is Cc1ocnc1C(=O)N[C@@H]1CCN(C(=O)c2ccc3nccnc3c2)C[C@@H]1c1ccccc1. The highest BCUT2D eigenvalue weighted by Crippen LogP contribution is 2.29. The van der Waals surface area contributed by atoms with E-state index in [1.807, 2.05) is 41.3 Å². The van der Waals surface area contributed by atoms with E-state index in [0.717, 1.165) is 11.1 Å². The Morgan fingerprint density at radius 1 is 1.03 bits per heavy atom. The Hall–Kier alpha value is -4.07. The molecular weight excluding hydrogens is 418 g/mol. The number of fused-ring (bicyclic) bond motifs is 1. The van der Waals surface area contributed by atoms with Gasteiger partial charge in [-0.05, 0) is 37.1 Å². The van der Waals surface area contributed by atoms with Crippen molar-refractivity contribution < 1.29 is 14.0 Å². The monoisotopic (exact) mass is 441 g/mol. The van der Waals surface area contributed by atoms with Crippen LogP contribution in [0.5, 0.6) is 0 Å². The van der Waals surface area contributed by atoms with Crippen LogP contribution >= 0.6 is 0 Å². The number of piperidine rings is 1. The third-order valence-electron chi connectivity index (χ3n) is 6.12. The zero-order valence-electron chi connectivity index (χ0n) is 18.1. The molecule has 2 aromatic heterocycles. The number of hydrogen-bond donors (Lipinski definition) is 1. The highest BCUT2D eigenvalue weighted by atomic mass is 16.3. The number of oxazole rings is 1. The number of hydrogen-bond acceptors (Lipinski definition) is 6. The fourth-order valence-corrected chi connectivity index (χ4v) is 4.39. The third kappa shape index (κ3) is 4.19. The molecule has 0 aliphatic carbocycles. The number of carbonyl (C=O) groups is 2. The van der Waals surface area contributed by atoms with Crippen LogP contribution in [0.3, 0.4) is 0 Å². The van der Waals surface area contributed by atoms with E-state index in [-0.39, 0.29) is 29.5 Å². The molecule has 2 aromatic carbocycles. The smallest absolute Gasteiger partial charge is 0.273 e. The van der Waals surface area contributed by atoms with Crippen LogP contribution in [-0.2, 0) is 0 Å². The van der Waals surface area contributed by atoms with Gasteiger partial charge in [-0.25, -0.2) is 4.98 Å². The second-order valence-electron chi connectivity index (χ2n) is 8.15. The van der Waals surface area contributed by atoms with E-state index < -0.39 is 0 Å². The Morgan fingerprint density at radius 2 is 1.82 bits per heavy atom. The van der Waals surface area contributed by atoms with E-state index in [4.69, 9.17) is 4.42 Å². The lowest BCUT2D eigenvalue weighted by molar-refractivity contribution is 0.0671. The zero-order valence-corrected chi connectivity index (χ0v) is 18.1. The molecule has 5 rings (SSSR count). The van der Waals surface area contributed by atoms with Gasteiger partial charge in [0.1, 0.15) is 5.76 Å². The van der Waals surface area contributed by atoms with Gasteiger partial charge in [-0.3, -0.25) is 19.6 Å². The minimum Gasteiger partial charge on any atom is -0.448 e. The summed E-state index contributed by atoms with van der Waals surface area (Å²) in [6.07, 6.45) is 5.15. The molecule has 3 heterocycles. The average molecular weight is 441 g/mol. The molecule has 8 heteroatoms. The number of aromatic nitrogens is 3. The van der Waals surface area contributed by atoms with Gasteiger partial charge in [0.2, 0.25) is 0 Å². The Balaban J connectivity index is 1.39. The zero-order chi connectivity index (χ0) is 22.8. The van der Waals surface area contributed by atoms with Crippen molar-refractivity contribution in [3.8, 4) is 0 Å². The molecule has 1 aliphatic heterocycles. The number of benzene rings is 2. The van der Waals surface area contributed by atoms with E-state index >= 15 is 0 Å². The minimum absolute atomic E-state index is 0.0550. The van der Waals surface area contributed by atoms with Crippen molar-refractivity contribution in [3.63, 3.8) is 0 Å². The van der Waals surface area contributed by atoms with Crippen LogP contribution in [0.25, 0.3) is 11.0 Å². The molecule has 0 unspecified atom stereocenters. The van der Waals surface area contributed by atoms with Gasteiger partial charge in [0, 0.05) is 43.0 Å². The number of nitrogens with zero attached hydrogens (tertiary/aromatic N) is 4. The van der Waals surface area contributed by atoms with Crippen LogP contribution in [0.4, 0.5) is 0 Å². The lowest BCUT2D eigenvalue weighted by Gasteiger charge is -2.39. The second kappa shape index (κ2) is 8.82. The first kappa shape index (κ1) is 20.8. The first-order valence-corrected chi connectivity index (χ1v) is 10.9. The van der Waals surface area contributed by atoms with E-state index in [9.17, 15) is 9.59 Å². The van der Waals surface area contributed by atoms with Crippen LogP contribution < -0.4 is 5.32 Å². The Morgan fingerprint density at radius 3 is 2.58 bits per heavy atom. The van der Waals surface area contributed by atoms with E-state index in [2.05, 4.69) is 20.3 Å². The molecule has 1 saturated heterocycles. The second-order valence-corrected chi connectivity index (χ2v) is 8.15. The molecule has 0 saturated carbocycles. The van der Waals surface area contributed by atoms with Crippen LogP contribution in [0.2, 0.25) is 0 Å². The Bertz CT molecular complexity index is 1300. The normalized spacial score (nSPS) is 18.3. The van der Waals surface area contributed by atoms with Gasteiger partial charge in [-0.1, -0.05) is 30.3 Å². The van der Waals surface area contributed by atoms with Crippen molar-refractivity contribution in [3.05, 3.63) is 89.9 Å². The van der Waals surface area contributed by atoms with E-state index in [0.29, 0.717) is 36.4 Å². The molecule has 0 bridgehead atoms. The molecule has 33 heavy (non-hydrogen) atoms. The van der Waals surface area contributed by atoms with Crippen molar-refractivity contribution in [2.45, 2.75) is 25.3 Å². The largest absolute Gasteiger partial charge is 0.448 e. The molecular formula is C25H23N5O3. The maximum atomic E-state index is 13.3. The summed E-state index contributed by atoms with van der Waals surface area (Å²) < 4.78 is 5.18. The molecule has 166 valence electrons. The molecule has 1 fully saturated rings. The molecule has 8 nitrogen and oxygen atoms in total. The Kier molecular flexibility index (Phi) is 5.56. The number of rotatable bonds is 4. The molecule has 1 N–H and O–H groups in total. The van der Waals surface area contributed by atoms with Crippen LogP contribution in [-0.4, -0.2) is 50.8 Å². The summed E-state index contributed by atoms with van der Waals surface area (Å²) in [5.74, 6) is 0.108. The maximum absolute atomic E-state index is 13.3. The van der Waals surface area contributed by atoms with Crippen molar-refractivity contribution in [2.75, 3.05) is 13.1 Å². The summed E-state index contributed by atoms with van der Waals surface area (Å²) in [4.78, 5) is 40.6. The van der Waals surface area contributed by atoms with Gasteiger partial charge in [0.25, 0.3) is 11.8 Å². The molecule has 2 atom stereocenters. The average Bonchev–Trinajstić information content (AvgIpc) is 3.30. The number of amides is 2. The molecule has 0 spiro atoms. The predicted octanol–water partition coefficient (Wildman–Crippen LogP) is 3.35. The van der Waals surface area contributed by atoms with Crippen molar-refractivity contribution in [1.82, 2.24) is 25.2 Å². The maximum Gasteiger partial charge on any atom is 0.273 e. The van der Waals surface area contributed by atoms with Gasteiger partial charge in [0.05, 0.1) is 11.0 Å². The number of nitrogens with one attached hydrogen (secondary N) is 1. The van der Waals surface area contributed by atoms with Gasteiger partial charge in [0.15, 0.2) is 12.1 Å². The fraction of sp³-hybridized carbons (Fsp3) is 0.240. The topological polar surface area (TPSA) is 101 Å². The van der Waals surface area contributed by atoms with Crippen molar-refractivity contribution in [2.24, 2.45) is 0 Å². The highest BCUT2D eigenvalue weighted by Gasteiger charge is 2.34. The summed E-state index contributed by atoms with van der Waals surface area (Å²) in [5.41, 5.74) is 3.38. The van der Waals surface area contributed by atoms with E-state index in [1.165, 1.54) is 6.39 Å². The highest BCUT2D eigenvalue weighted by molar-refractivity contribution is 5.97. The fourth-order valence-electron chi connectivity index (χ4n) is 4.39. The van der Waals surface area contributed by atoms with Gasteiger partial charge < -0.3 is 14.6 Å². The van der Waals surface area contributed by atoms with Crippen molar-refractivity contribution >= 4 is 22.8 Å². The third-order valence-corrected chi connectivity index (χ3v) is 6.12. The Labute approximate surface area is 190 Å². The lowest BCUT2D eigenvalue weighted by atomic mass is 9.85. The minimum atomic E-state index is -0.264. The van der Waals surface area contributed by atoms with Gasteiger partial charge >= 0.3 is 0 Å². The van der Waals surface area contributed by atoms with E-state index in [1.54, 1.807) is 31.5 Å². The lowest BCUT2D eigenvalue weighted by Crippen LogP contribution is -2.51. The van der Waals surface area contributed by atoms with Gasteiger partial charge in [-0.15, -0.1) is 0 Å². The standard InChI is InChI=1S/C25H23N5O3/c1-16-23(28-15-33-16)24(31)29-20-9-12-30(14-19(20)17-5-3-2-4-6-17)25(32)18-7-8-21-22(13-18)27-11-10-26-21/h2-8,10-11,13,15,19-20H,9,12,14H2,1H3,(H,29,31)/t19-,20-/m1/s1. The summed E-state index contributed by atoms with van der Waals surface area (Å²) in [5, 5.41) is 3.12. The summed E-state index contributed by atoms with van der Waals surface area (Å²) in [7, 11) is 0. The first-order valence-electron chi connectivity index (χ1n) is 10.9. The van der Waals surface area contributed by atoms with Gasteiger partial charge in [-0.2, -0.15) is 0 Å². The summed E-state index contributed by atoms with van der Waals surface area (Å²) >= 11 is 0. The predicted molar refractivity (Wildman–Crippen MR) is 122 cm³/mol. The number of likely N-dealkylation sites (tertiary alicyclic amines) is 1. The quantitative estimate of drug-likeness (QED) is 0.521. The van der Waals surface area contributed by atoms with Crippen molar-refractivity contribution in [1.29, 1.82) is 0 Å². The first-order chi connectivity index (χ1) is 16.1. The van der Waals surface area contributed by atoms with Crippen LogP contribution in [0, 0.1) is 6.92 Å². The molecule has 4 aromatic rings. The summed E-state index contributed by atoms with van der Waals surface area (Å²) in [6.45, 7) is 2.74. The summed E-state index contributed by atoms with van der Waals surface area (Å²) in [6, 6.07) is 15.2. The molecule has 0 radical (unpaired) electrons.